The molecule has 2 aliphatic heterocycles. The molecule has 2 N–H and O–H groups in total. The standard InChI is InChI=1S/C12H22N2O2/c1-8-5-10(7-13-6-8)14-12(15)11-3-4-16-9(11)2/h8-11,13H,3-7H2,1-2H3,(H,14,15). The van der Waals surface area contributed by atoms with Crippen LogP contribution >= 0.6 is 0 Å². The zero-order valence-corrected chi connectivity index (χ0v) is 10.2. The summed E-state index contributed by atoms with van der Waals surface area (Å²) >= 11 is 0. The van der Waals surface area contributed by atoms with Gasteiger partial charge in [-0.15, -0.1) is 0 Å². The smallest absolute Gasteiger partial charge is 0.226 e. The highest BCUT2D eigenvalue weighted by molar-refractivity contribution is 5.79. The number of carbonyl (C=O) groups is 1. The number of amides is 1. The third kappa shape index (κ3) is 2.74. The first-order chi connectivity index (χ1) is 7.66. The molecule has 4 unspecified atom stereocenters. The molecule has 4 nitrogen and oxygen atoms in total. The minimum absolute atomic E-state index is 0.0530. The Morgan fingerprint density at radius 3 is 2.81 bits per heavy atom. The van der Waals surface area contributed by atoms with Crippen LogP contribution < -0.4 is 10.6 Å². The first-order valence-corrected chi connectivity index (χ1v) is 6.29. The maximum absolute atomic E-state index is 12.0. The summed E-state index contributed by atoms with van der Waals surface area (Å²) in [6, 6.07) is 0.295. The summed E-state index contributed by atoms with van der Waals surface area (Å²) in [4.78, 5) is 12.0. The summed E-state index contributed by atoms with van der Waals surface area (Å²) in [5, 5.41) is 6.49. The Bertz CT molecular complexity index is 257. The Morgan fingerprint density at radius 2 is 2.19 bits per heavy atom. The molecule has 0 aromatic carbocycles. The highest BCUT2D eigenvalue weighted by atomic mass is 16.5. The SMILES string of the molecule is CC1CNCC(NC(=O)C2CCOC2C)C1. The van der Waals surface area contributed by atoms with E-state index in [0.717, 1.165) is 32.5 Å². The van der Waals surface area contributed by atoms with E-state index in [2.05, 4.69) is 17.6 Å². The average Bonchev–Trinajstić information content (AvgIpc) is 2.64. The van der Waals surface area contributed by atoms with E-state index < -0.39 is 0 Å². The maximum Gasteiger partial charge on any atom is 0.226 e. The Balaban J connectivity index is 1.82. The van der Waals surface area contributed by atoms with Crippen molar-refractivity contribution >= 4 is 5.91 Å². The van der Waals surface area contributed by atoms with Crippen molar-refractivity contribution in [1.29, 1.82) is 0 Å². The lowest BCUT2D eigenvalue weighted by Gasteiger charge is -2.29. The van der Waals surface area contributed by atoms with Gasteiger partial charge in [0.2, 0.25) is 5.91 Å². The van der Waals surface area contributed by atoms with Crippen LogP contribution in [0.2, 0.25) is 0 Å². The van der Waals surface area contributed by atoms with Crippen LogP contribution in [0.15, 0.2) is 0 Å². The molecule has 0 spiro atoms. The largest absolute Gasteiger partial charge is 0.378 e. The Morgan fingerprint density at radius 1 is 1.38 bits per heavy atom. The highest BCUT2D eigenvalue weighted by Crippen LogP contribution is 2.21. The molecular formula is C12H22N2O2. The average molecular weight is 226 g/mol. The molecule has 92 valence electrons. The zero-order chi connectivity index (χ0) is 11.5. The number of carbonyl (C=O) groups excluding carboxylic acids is 1. The molecule has 4 heteroatoms. The molecular weight excluding hydrogens is 204 g/mol. The first kappa shape index (κ1) is 11.9. The second-order valence-electron chi connectivity index (χ2n) is 5.18. The van der Waals surface area contributed by atoms with Crippen molar-refractivity contribution in [3.63, 3.8) is 0 Å². The number of nitrogens with one attached hydrogen (secondary N) is 2. The molecule has 0 aromatic heterocycles. The van der Waals surface area contributed by atoms with E-state index in [1.54, 1.807) is 0 Å². The van der Waals surface area contributed by atoms with Gasteiger partial charge in [-0.25, -0.2) is 0 Å². The van der Waals surface area contributed by atoms with E-state index in [-0.39, 0.29) is 17.9 Å². The molecule has 0 saturated carbocycles. The van der Waals surface area contributed by atoms with Gasteiger partial charge in [-0.1, -0.05) is 6.92 Å². The molecule has 4 atom stereocenters. The monoisotopic (exact) mass is 226 g/mol. The summed E-state index contributed by atoms with van der Waals surface area (Å²) in [6.07, 6.45) is 2.03. The van der Waals surface area contributed by atoms with Crippen LogP contribution in [-0.2, 0) is 9.53 Å². The Kier molecular flexibility index (Phi) is 3.82. The molecule has 2 fully saturated rings. The number of ether oxygens (including phenoxy) is 1. The molecule has 0 aliphatic carbocycles. The fraction of sp³-hybridized carbons (Fsp3) is 0.917. The van der Waals surface area contributed by atoms with Crippen LogP contribution in [0.25, 0.3) is 0 Å². The fourth-order valence-electron chi connectivity index (χ4n) is 2.65. The van der Waals surface area contributed by atoms with Gasteiger partial charge in [0.05, 0.1) is 12.0 Å². The van der Waals surface area contributed by atoms with E-state index in [1.165, 1.54) is 0 Å². The lowest BCUT2D eigenvalue weighted by Crippen LogP contribution is -2.50. The first-order valence-electron chi connectivity index (χ1n) is 6.29. The quantitative estimate of drug-likeness (QED) is 0.722. The molecule has 2 heterocycles. The third-order valence-corrected chi connectivity index (χ3v) is 3.63. The van der Waals surface area contributed by atoms with Gasteiger partial charge in [-0.05, 0) is 32.2 Å². The molecule has 0 radical (unpaired) electrons. The van der Waals surface area contributed by atoms with E-state index in [4.69, 9.17) is 4.74 Å². The lowest BCUT2D eigenvalue weighted by molar-refractivity contribution is -0.127. The number of piperidine rings is 1. The van der Waals surface area contributed by atoms with Crippen LogP contribution in [0, 0.1) is 11.8 Å². The van der Waals surface area contributed by atoms with E-state index in [1.807, 2.05) is 6.92 Å². The molecule has 16 heavy (non-hydrogen) atoms. The van der Waals surface area contributed by atoms with Gasteiger partial charge in [0, 0.05) is 19.2 Å². The van der Waals surface area contributed by atoms with Crippen LogP contribution in [0.3, 0.4) is 0 Å². The number of hydrogen-bond acceptors (Lipinski definition) is 3. The molecule has 2 aliphatic rings. The summed E-state index contributed by atoms with van der Waals surface area (Å²) in [6.45, 7) is 6.89. The molecule has 0 bridgehead atoms. The van der Waals surface area contributed by atoms with Crippen LogP contribution in [0.5, 0.6) is 0 Å². The number of hydrogen-bond donors (Lipinski definition) is 2. The van der Waals surface area contributed by atoms with Crippen molar-refractivity contribution in [2.45, 2.75) is 38.8 Å². The fourth-order valence-corrected chi connectivity index (χ4v) is 2.65. The summed E-state index contributed by atoms with van der Waals surface area (Å²) < 4.78 is 5.42. The Labute approximate surface area is 97.1 Å². The van der Waals surface area contributed by atoms with Gasteiger partial charge in [0.15, 0.2) is 0 Å². The topological polar surface area (TPSA) is 50.4 Å². The van der Waals surface area contributed by atoms with Gasteiger partial charge < -0.3 is 15.4 Å². The van der Waals surface area contributed by atoms with E-state index >= 15 is 0 Å². The van der Waals surface area contributed by atoms with E-state index in [0.29, 0.717) is 12.0 Å². The van der Waals surface area contributed by atoms with E-state index in [9.17, 15) is 4.79 Å². The molecule has 2 rings (SSSR count). The predicted octanol–water partition coefficient (Wildman–Crippen LogP) is 0.526. The van der Waals surface area contributed by atoms with Gasteiger partial charge in [0.25, 0.3) is 0 Å². The third-order valence-electron chi connectivity index (χ3n) is 3.63. The second-order valence-corrected chi connectivity index (χ2v) is 5.18. The van der Waals surface area contributed by atoms with Crippen LogP contribution in [0.4, 0.5) is 0 Å². The van der Waals surface area contributed by atoms with Crippen molar-refractivity contribution in [3.05, 3.63) is 0 Å². The zero-order valence-electron chi connectivity index (χ0n) is 10.2. The summed E-state index contributed by atoms with van der Waals surface area (Å²) in [5.41, 5.74) is 0. The van der Waals surface area contributed by atoms with Crippen LogP contribution in [0.1, 0.15) is 26.7 Å². The van der Waals surface area contributed by atoms with Crippen molar-refractivity contribution in [2.24, 2.45) is 11.8 Å². The lowest BCUT2D eigenvalue weighted by atomic mass is 9.96. The minimum Gasteiger partial charge on any atom is -0.378 e. The molecule has 0 aromatic rings. The maximum atomic E-state index is 12.0. The molecule has 1 amide bonds. The second kappa shape index (κ2) is 5.15. The minimum atomic E-state index is 0.0530. The van der Waals surface area contributed by atoms with Crippen molar-refractivity contribution in [1.82, 2.24) is 10.6 Å². The normalized spacial score (nSPS) is 39.6. The Hall–Kier alpha value is -0.610. The summed E-state index contributed by atoms with van der Waals surface area (Å²) in [5.74, 6) is 0.874. The molecule has 2 saturated heterocycles. The highest BCUT2D eigenvalue weighted by Gasteiger charge is 2.32. The van der Waals surface area contributed by atoms with Crippen LogP contribution in [-0.4, -0.2) is 37.7 Å². The predicted molar refractivity (Wildman–Crippen MR) is 62.1 cm³/mol. The van der Waals surface area contributed by atoms with Gasteiger partial charge in [-0.2, -0.15) is 0 Å². The van der Waals surface area contributed by atoms with Crippen molar-refractivity contribution in [3.8, 4) is 0 Å². The van der Waals surface area contributed by atoms with Crippen molar-refractivity contribution < 1.29 is 9.53 Å². The summed E-state index contributed by atoms with van der Waals surface area (Å²) in [7, 11) is 0. The van der Waals surface area contributed by atoms with Gasteiger partial charge >= 0.3 is 0 Å². The van der Waals surface area contributed by atoms with Gasteiger partial charge in [-0.3, -0.25) is 4.79 Å². The van der Waals surface area contributed by atoms with Crippen molar-refractivity contribution in [2.75, 3.05) is 19.7 Å². The van der Waals surface area contributed by atoms with Gasteiger partial charge in [0.1, 0.15) is 0 Å². The number of rotatable bonds is 2.